The molecule has 1 unspecified atom stereocenters. The third kappa shape index (κ3) is 4.93. The maximum absolute atomic E-state index is 13.8. The van der Waals surface area contributed by atoms with E-state index in [1.165, 1.54) is 26.3 Å². The Morgan fingerprint density at radius 3 is 2.46 bits per heavy atom. The zero-order valence-corrected chi connectivity index (χ0v) is 22.6. The molecule has 0 aliphatic carbocycles. The van der Waals surface area contributed by atoms with Crippen molar-refractivity contribution in [1.82, 2.24) is 14.4 Å². The fourth-order valence-electron chi connectivity index (χ4n) is 4.58. The van der Waals surface area contributed by atoms with Crippen LogP contribution >= 0.6 is 0 Å². The molecule has 5 rings (SSSR count). The highest BCUT2D eigenvalue weighted by molar-refractivity contribution is 7.90. The Bertz CT molecular complexity index is 1690. The number of hydroxylamine groups is 2. The fourth-order valence-corrected chi connectivity index (χ4v) is 5.57. The van der Waals surface area contributed by atoms with Crippen molar-refractivity contribution in [2.45, 2.75) is 17.7 Å². The van der Waals surface area contributed by atoms with Gasteiger partial charge < -0.3 is 14.0 Å². The molecule has 11 heteroatoms. The summed E-state index contributed by atoms with van der Waals surface area (Å²) < 4.78 is 41.3. The number of rotatable bonds is 7. The summed E-state index contributed by atoms with van der Waals surface area (Å²) in [6, 6.07) is 16.4. The Morgan fingerprint density at radius 2 is 1.74 bits per heavy atom. The Hall–Kier alpha value is -4.35. The lowest BCUT2D eigenvalue weighted by Crippen LogP contribution is -2.35. The van der Waals surface area contributed by atoms with Crippen LogP contribution in [0.4, 0.5) is 0 Å². The molecule has 3 aromatic carbocycles. The number of hydrogen-bond donors (Lipinski definition) is 1. The second-order valence-electron chi connectivity index (χ2n) is 9.24. The second-order valence-corrected chi connectivity index (χ2v) is 10.9. The predicted octanol–water partition coefficient (Wildman–Crippen LogP) is 3.49. The number of benzene rings is 3. The summed E-state index contributed by atoms with van der Waals surface area (Å²) in [6.07, 6.45) is 1.76. The van der Waals surface area contributed by atoms with Crippen LogP contribution in [-0.2, 0) is 26.7 Å². The van der Waals surface area contributed by atoms with Gasteiger partial charge in [-0.05, 0) is 54.4 Å². The Balaban J connectivity index is 1.60. The van der Waals surface area contributed by atoms with E-state index >= 15 is 0 Å². The molecule has 2 amide bonds. The summed E-state index contributed by atoms with van der Waals surface area (Å²) in [4.78, 5) is 31.5. The molecule has 4 aromatic rings. The topological polar surface area (TPSA) is 116 Å². The molecule has 0 radical (unpaired) electrons. The van der Waals surface area contributed by atoms with E-state index in [1.54, 1.807) is 66.3 Å². The second kappa shape index (κ2) is 10.1. The van der Waals surface area contributed by atoms with Gasteiger partial charge >= 0.3 is 0 Å². The minimum Gasteiger partial charge on any atom is -0.454 e. The number of hydrogen-bond acceptors (Lipinski definition) is 7. The number of fused-ring (bicyclic) bond motifs is 2. The van der Waals surface area contributed by atoms with Gasteiger partial charge in [-0.1, -0.05) is 29.8 Å². The van der Waals surface area contributed by atoms with Crippen molar-refractivity contribution in [3.05, 3.63) is 89.1 Å². The lowest BCUT2D eigenvalue weighted by molar-refractivity contribution is -0.119. The first-order valence-electron chi connectivity index (χ1n) is 12.0. The summed E-state index contributed by atoms with van der Waals surface area (Å²) in [5.41, 5.74) is 3.04. The summed E-state index contributed by atoms with van der Waals surface area (Å²) in [6.45, 7) is 1.90. The fraction of sp³-hybridized carbons (Fsp3) is 0.214. The molecule has 1 atom stereocenters. The minimum absolute atomic E-state index is 0.0192. The van der Waals surface area contributed by atoms with Gasteiger partial charge in [0.1, 0.15) is 0 Å². The Labute approximate surface area is 225 Å². The normalized spacial score (nSPS) is 13.3. The van der Waals surface area contributed by atoms with Crippen LogP contribution in [0, 0.1) is 6.92 Å². The monoisotopic (exact) mass is 549 g/mol. The molecule has 0 bridgehead atoms. The average molecular weight is 550 g/mol. The molecular weight excluding hydrogens is 522 g/mol. The van der Waals surface area contributed by atoms with Gasteiger partial charge in [0, 0.05) is 36.8 Å². The summed E-state index contributed by atoms with van der Waals surface area (Å²) >= 11 is 0. The lowest BCUT2D eigenvalue weighted by Gasteiger charge is -2.18. The molecule has 39 heavy (non-hydrogen) atoms. The first-order chi connectivity index (χ1) is 18.6. The van der Waals surface area contributed by atoms with Crippen molar-refractivity contribution in [2.24, 2.45) is 7.05 Å². The molecule has 0 fully saturated rings. The van der Waals surface area contributed by atoms with E-state index in [1.807, 2.05) is 6.92 Å². The lowest BCUT2D eigenvalue weighted by atomic mass is 9.90. The first kappa shape index (κ1) is 26.3. The number of aromatic nitrogens is 1. The number of nitrogens with one attached hydrogen (secondary N) is 1. The Morgan fingerprint density at radius 1 is 1.03 bits per heavy atom. The van der Waals surface area contributed by atoms with E-state index < -0.39 is 21.8 Å². The van der Waals surface area contributed by atoms with Crippen LogP contribution in [0.25, 0.3) is 10.9 Å². The third-order valence-electron chi connectivity index (χ3n) is 6.70. The van der Waals surface area contributed by atoms with Gasteiger partial charge in [-0.3, -0.25) is 14.4 Å². The van der Waals surface area contributed by atoms with Gasteiger partial charge in [0.25, 0.3) is 15.9 Å². The quantitative estimate of drug-likeness (QED) is 0.351. The Kier molecular flexibility index (Phi) is 6.79. The summed E-state index contributed by atoms with van der Waals surface area (Å²) in [5.74, 6) is -1.10. The standard InChI is InChI=1S/C28H27N3O7S/c1-17-5-9-20(10-6-17)39(34,35)29-27(32)26(18-8-12-24-25(14-18)38-16-37-24)22-15-30(2)23-13-19(7-11-21(22)23)28(33)31(3)36-4/h5-15,26H,16H2,1-4H3,(H,29,32). The van der Waals surface area contributed by atoms with Crippen molar-refractivity contribution >= 4 is 32.7 Å². The molecule has 202 valence electrons. The molecule has 0 saturated carbocycles. The maximum Gasteiger partial charge on any atom is 0.277 e. The molecule has 1 N–H and O–H groups in total. The minimum atomic E-state index is -4.15. The molecule has 1 aromatic heterocycles. The van der Waals surface area contributed by atoms with E-state index in [0.29, 0.717) is 39.1 Å². The van der Waals surface area contributed by atoms with Crippen LogP contribution in [0.2, 0.25) is 0 Å². The largest absolute Gasteiger partial charge is 0.454 e. The molecular formula is C28H27N3O7S. The van der Waals surface area contributed by atoms with Crippen molar-refractivity contribution in [2.75, 3.05) is 21.0 Å². The van der Waals surface area contributed by atoms with Gasteiger partial charge in [-0.2, -0.15) is 0 Å². The molecule has 10 nitrogen and oxygen atoms in total. The molecule has 1 aliphatic heterocycles. The van der Waals surface area contributed by atoms with Crippen molar-refractivity contribution in [3.63, 3.8) is 0 Å². The van der Waals surface area contributed by atoms with Crippen molar-refractivity contribution in [3.8, 4) is 11.5 Å². The average Bonchev–Trinajstić information content (AvgIpc) is 3.51. The van der Waals surface area contributed by atoms with Crippen LogP contribution in [0.3, 0.4) is 0 Å². The van der Waals surface area contributed by atoms with E-state index in [0.717, 1.165) is 10.6 Å². The van der Waals surface area contributed by atoms with Crippen LogP contribution < -0.4 is 14.2 Å². The van der Waals surface area contributed by atoms with E-state index in [-0.39, 0.29) is 17.6 Å². The number of sulfonamides is 1. The highest BCUT2D eigenvalue weighted by Gasteiger charge is 2.31. The van der Waals surface area contributed by atoms with E-state index in [9.17, 15) is 18.0 Å². The number of carbonyl (C=O) groups is 2. The highest BCUT2D eigenvalue weighted by Crippen LogP contribution is 2.39. The molecule has 1 aliphatic rings. The van der Waals surface area contributed by atoms with Gasteiger partial charge in [-0.15, -0.1) is 0 Å². The first-order valence-corrected chi connectivity index (χ1v) is 13.5. The van der Waals surface area contributed by atoms with E-state index in [4.69, 9.17) is 14.3 Å². The van der Waals surface area contributed by atoms with Gasteiger partial charge in [0.2, 0.25) is 12.7 Å². The highest BCUT2D eigenvalue weighted by atomic mass is 32.2. The van der Waals surface area contributed by atoms with Crippen LogP contribution in [0.5, 0.6) is 11.5 Å². The molecule has 0 saturated heterocycles. The smallest absolute Gasteiger partial charge is 0.277 e. The number of nitrogens with zero attached hydrogens (tertiary/aromatic N) is 2. The van der Waals surface area contributed by atoms with Gasteiger partial charge in [0.05, 0.1) is 17.9 Å². The van der Waals surface area contributed by atoms with Crippen LogP contribution in [0.1, 0.15) is 33.0 Å². The van der Waals surface area contributed by atoms with Crippen molar-refractivity contribution < 1.29 is 32.3 Å². The third-order valence-corrected chi connectivity index (χ3v) is 8.06. The zero-order valence-electron chi connectivity index (χ0n) is 21.8. The van der Waals surface area contributed by atoms with Crippen molar-refractivity contribution in [1.29, 1.82) is 0 Å². The predicted molar refractivity (Wildman–Crippen MR) is 143 cm³/mol. The summed E-state index contributed by atoms with van der Waals surface area (Å²) in [5, 5.41) is 1.80. The van der Waals surface area contributed by atoms with Gasteiger partial charge in [-0.25, -0.2) is 18.2 Å². The molecule has 2 heterocycles. The molecule has 0 spiro atoms. The maximum atomic E-state index is 13.8. The number of ether oxygens (including phenoxy) is 2. The van der Waals surface area contributed by atoms with Crippen LogP contribution in [0.15, 0.2) is 71.8 Å². The SMILES string of the molecule is CON(C)C(=O)c1ccc2c(C(C(=O)NS(=O)(=O)c3ccc(C)cc3)c3ccc4c(c3)OCO4)cn(C)c2c1. The summed E-state index contributed by atoms with van der Waals surface area (Å²) in [7, 11) is 0.548. The number of carbonyl (C=O) groups excluding carboxylic acids is 2. The van der Waals surface area contributed by atoms with Crippen LogP contribution in [-0.4, -0.2) is 50.8 Å². The number of aryl methyl sites for hydroxylation is 2. The zero-order chi connectivity index (χ0) is 27.9. The van der Waals surface area contributed by atoms with E-state index in [2.05, 4.69) is 4.72 Å². The number of amides is 2. The van der Waals surface area contributed by atoms with Gasteiger partial charge in [0.15, 0.2) is 11.5 Å².